The number of fused-ring (bicyclic) bond motifs is 3. The molecule has 3 N–H and O–H groups in total. The second-order valence-electron chi connectivity index (χ2n) is 8.47. The fourth-order valence-electron chi connectivity index (χ4n) is 4.53. The fraction of sp³-hybridized carbons (Fsp3) is 0.455. The van der Waals surface area contributed by atoms with Gasteiger partial charge in [-0.15, -0.1) is 5.10 Å². The lowest BCUT2D eigenvalue weighted by Crippen LogP contribution is -2.70. The Hall–Kier alpha value is -2.98. The summed E-state index contributed by atoms with van der Waals surface area (Å²) >= 11 is 5.64. The zero-order valence-electron chi connectivity index (χ0n) is 17.7. The summed E-state index contributed by atoms with van der Waals surface area (Å²) in [5.41, 5.74) is -1.33. The Morgan fingerprint density at radius 3 is 2.52 bits per heavy atom. The van der Waals surface area contributed by atoms with E-state index >= 15 is 0 Å². The van der Waals surface area contributed by atoms with Gasteiger partial charge in [0.1, 0.15) is 11.6 Å². The van der Waals surface area contributed by atoms with Crippen LogP contribution >= 0.6 is 11.6 Å². The van der Waals surface area contributed by atoms with Gasteiger partial charge in [-0.1, -0.05) is 11.6 Å². The number of nitrogens with zero attached hydrogens (tertiary/aromatic N) is 2. The van der Waals surface area contributed by atoms with E-state index in [2.05, 4.69) is 20.8 Å². The number of aliphatic hydroxyl groups is 1. The molecule has 3 saturated carbocycles. The molecule has 33 heavy (non-hydrogen) atoms. The van der Waals surface area contributed by atoms with E-state index in [1.165, 1.54) is 18.3 Å². The molecule has 9 nitrogen and oxygen atoms in total. The standard InChI is InChI=1S/C22H24ClFN4O5/c23-15-4-3-14(10-16(15)24)32-12-18(30)26-21-5-7-22(8-6-21,17(29)11-21)27-19(31)13-33-20-2-1-9-25-28-20/h1-4,9-10,17,29H,5-8,11-13H2,(H,26,30)(H,27,31)/t17-,21?,22?/m0/s1. The monoisotopic (exact) mass is 478 g/mol. The van der Waals surface area contributed by atoms with Gasteiger partial charge in [0.25, 0.3) is 11.8 Å². The maximum absolute atomic E-state index is 13.5. The molecule has 3 fully saturated rings. The SMILES string of the molecule is O=C(COc1ccc(Cl)c(F)c1)NC12CCC(NC(=O)COc3cccnn3)(CC1)[C@@H](O)C2. The van der Waals surface area contributed by atoms with Crippen LogP contribution in [-0.4, -0.2) is 57.5 Å². The molecule has 3 aliphatic carbocycles. The first-order valence-electron chi connectivity index (χ1n) is 10.6. The van der Waals surface area contributed by atoms with Crippen molar-refractivity contribution in [2.75, 3.05) is 13.2 Å². The lowest BCUT2D eigenvalue weighted by Gasteiger charge is -2.56. The summed E-state index contributed by atoms with van der Waals surface area (Å²) in [4.78, 5) is 24.9. The van der Waals surface area contributed by atoms with Crippen LogP contribution in [0.15, 0.2) is 36.5 Å². The highest BCUT2D eigenvalue weighted by Crippen LogP contribution is 2.47. The molecule has 1 aromatic carbocycles. The maximum atomic E-state index is 13.5. The van der Waals surface area contributed by atoms with E-state index in [1.54, 1.807) is 12.1 Å². The minimum Gasteiger partial charge on any atom is -0.484 e. The molecule has 1 aromatic heterocycles. The molecule has 176 valence electrons. The molecular weight excluding hydrogens is 455 g/mol. The summed E-state index contributed by atoms with van der Waals surface area (Å²) < 4.78 is 24.2. The first-order chi connectivity index (χ1) is 15.8. The van der Waals surface area contributed by atoms with Crippen molar-refractivity contribution in [1.82, 2.24) is 20.8 Å². The first kappa shape index (κ1) is 23.2. The van der Waals surface area contributed by atoms with Gasteiger partial charge in [0.2, 0.25) is 5.88 Å². The topological polar surface area (TPSA) is 123 Å². The van der Waals surface area contributed by atoms with Gasteiger partial charge in [-0.2, -0.15) is 5.10 Å². The molecule has 0 aliphatic heterocycles. The third-order valence-corrected chi connectivity index (χ3v) is 6.58. The Morgan fingerprint density at radius 1 is 1.12 bits per heavy atom. The molecule has 2 aromatic rings. The largest absolute Gasteiger partial charge is 0.484 e. The second-order valence-corrected chi connectivity index (χ2v) is 8.88. The van der Waals surface area contributed by atoms with Gasteiger partial charge in [-0.05, 0) is 50.3 Å². The average molecular weight is 479 g/mol. The molecule has 2 amide bonds. The number of amides is 2. The molecule has 0 radical (unpaired) electrons. The van der Waals surface area contributed by atoms with Gasteiger partial charge in [0.05, 0.1) is 16.7 Å². The second kappa shape index (κ2) is 9.48. The van der Waals surface area contributed by atoms with Gasteiger partial charge in [0, 0.05) is 23.9 Å². The average Bonchev–Trinajstić information content (AvgIpc) is 2.80. The predicted molar refractivity (Wildman–Crippen MR) is 115 cm³/mol. The number of carbonyl (C=O) groups excluding carboxylic acids is 2. The van der Waals surface area contributed by atoms with Crippen LogP contribution in [0.4, 0.5) is 4.39 Å². The Bertz CT molecular complexity index is 1020. The molecule has 0 unspecified atom stereocenters. The zero-order chi connectivity index (χ0) is 23.5. The molecule has 1 atom stereocenters. The van der Waals surface area contributed by atoms with Crippen LogP contribution in [0, 0.1) is 5.82 Å². The third-order valence-electron chi connectivity index (χ3n) is 6.27. The number of halogens is 2. The Morgan fingerprint density at radius 2 is 1.85 bits per heavy atom. The van der Waals surface area contributed by atoms with Crippen molar-refractivity contribution in [3.63, 3.8) is 0 Å². The summed E-state index contributed by atoms with van der Waals surface area (Å²) in [5.74, 6) is -0.919. The number of aliphatic hydroxyl groups excluding tert-OH is 1. The van der Waals surface area contributed by atoms with E-state index < -0.39 is 23.0 Å². The van der Waals surface area contributed by atoms with E-state index in [1.807, 2.05) is 0 Å². The summed E-state index contributed by atoms with van der Waals surface area (Å²) in [6.45, 7) is -0.530. The van der Waals surface area contributed by atoms with Crippen LogP contribution in [-0.2, 0) is 9.59 Å². The highest BCUT2D eigenvalue weighted by Gasteiger charge is 2.55. The van der Waals surface area contributed by atoms with Crippen molar-refractivity contribution in [3.8, 4) is 11.6 Å². The summed E-state index contributed by atoms with van der Waals surface area (Å²) in [6, 6.07) is 7.20. The smallest absolute Gasteiger partial charge is 0.258 e. The predicted octanol–water partition coefficient (Wildman–Crippen LogP) is 1.78. The van der Waals surface area contributed by atoms with Crippen molar-refractivity contribution in [2.45, 2.75) is 49.3 Å². The number of rotatable bonds is 8. The minimum absolute atomic E-state index is 0.0278. The van der Waals surface area contributed by atoms with Crippen molar-refractivity contribution < 1.29 is 28.6 Å². The summed E-state index contributed by atoms with van der Waals surface area (Å²) in [5, 5.41) is 24.1. The van der Waals surface area contributed by atoms with Crippen LogP contribution in [0.25, 0.3) is 0 Å². The van der Waals surface area contributed by atoms with Gasteiger partial charge < -0.3 is 25.2 Å². The van der Waals surface area contributed by atoms with Crippen LogP contribution in [0.3, 0.4) is 0 Å². The van der Waals surface area contributed by atoms with Gasteiger partial charge >= 0.3 is 0 Å². The number of nitrogens with one attached hydrogen (secondary N) is 2. The van der Waals surface area contributed by atoms with Crippen molar-refractivity contribution in [2.24, 2.45) is 0 Å². The van der Waals surface area contributed by atoms with Crippen molar-refractivity contribution in [3.05, 3.63) is 47.4 Å². The minimum atomic E-state index is -0.827. The molecule has 0 spiro atoms. The number of hydrogen-bond acceptors (Lipinski definition) is 7. The van der Waals surface area contributed by atoms with Crippen LogP contribution < -0.4 is 20.1 Å². The first-order valence-corrected chi connectivity index (χ1v) is 11.0. The van der Waals surface area contributed by atoms with E-state index in [-0.39, 0.29) is 41.7 Å². The highest BCUT2D eigenvalue weighted by molar-refractivity contribution is 6.30. The molecule has 5 rings (SSSR count). The fourth-order valence-corrected chi connectivity index (χ4v) is 4.64. The molecule has 3 aliphatic rings. The Kier molecular flexibility index (Phi) is 6.66. The zero-order valence-corrected chi connectivity index (χ0v) is 18.5. The van der Waals surface area contributed by atoms with Crippen LogP contribution in [0.5, 0.6) is 11.6 Å². The molecule has 1 heterocycles. The lowest BCUT2D eigenvalue weighted by atomic mass is 9.60. The number of benzene rings is 1. The summed E-state index contributed by atoms with van der Waals surface area (Å²) in [7, 11) is 0. The summed E-state index contributed by atoms with van der Waals surface area (Å²) in [6.07, 6.45) is 3.18. The van der Waals surface area contributed by atoms with Crippen molar-refractivity contribution >= 4 is 23.4 Å². The molecule has 2 bridgehead atoms. The van der Waals surface area contributed by atoms with Gasteiger partial charge in [0.15, 0.2) is 13.2 Å². The molecular formula is C22H24ClFN4O5. The maximum Gasteiger partial charge on any atom is 0.258 e. The number of aromatic nitrogens is 2. The Labute approximate surface area is 194 Å². The van der Waals surface area contributed by atoms with Crippen LogP contribution in [0.2, 0.25) is 5.02 Å². The van der Waals surface area contributed by atoms with E-state index in [0.29, 0.717) is 32.1 Å². The number of ether oxygens (including phenoxy) is 2. The van der Waals surface area contributed by atoms with Gasteiger partial charge in [-0.3, -0.25) is 9.59 Å². The third kappa shape index (κ3) is 5.33. The highest BCUT2D eigenvalue weighted by atomic mass is 35.5. The molecule has 11 heteroatoms. The van der Waals surface area contributed by atoms with Gasteiger partial charge in [-0.25, -0.2) is 4.39 Å². The number of carbonyl (C=O) groups is 2. The lowest BCUT2D eigenvalue weighted by molar-refractivity contribution is -0.137. The van der Waals surface area contributed by atoms with E-state index in [9.17, 15) is 19.1 Å². The Balaban J connectivity index is 1.28. The van der Waals surface area contributed by atoms with E-state index in [4.69, 9.17) is 21.1 Å². The van der Waals surface area contributed by atoms with Crippen molar-refractivity contribution in [1.29, 1.82) is 0 Å². The molecule has 0 saturated heterocycles. The quantitative estimate of drug-likeness (QED) is 0.528. The van der Waals surface area contributed by atoms with Crippen LogP contribution in [0.1, 0.15) is 32.1 Å². The number of hydrogen-bond donors (Lipinski definition) is 3. The normalized spacial score (nSPS) is 25.8. The van der Waals surface area contributed by atoms with E-state index in [0.717, 1.165) is 6.07 Å².